The Bertz CT molecular complexity index is 644. The summed E-state index contributed by atoms with van der Waals surface area (Å²) in [5, 5.41) is 19.3. The normalized spacial score (nSPS) is 19.5. The van der Waals surface area contributed by atoms with Crippen LogP contribution in [0.15, 0.2) is 46.7 Å². The van der Waals surface area contributed by atoms with Crippen LogP contribution in [0.3, 0.4) is 0 Å². The van der Waals surface area contributed by atoms with E-state index in [1.54, 1.807) is 30.3 Å². The van der Waals surface area contributed by atoms with Crippen LogP contribution in [0.5, 0.6) is 0 Å². The molecule has 2 N–H and O–H groups in total. The Labute approximate surface area is 129 Å². The number of aliphatic carboxylic acids is 1. The Morgan fingerprint density at radius 2 is 1.91 bits per heavy atom. The van der Waals surface area contributed by atoms with E-state index < -0.39 is 12.0 Å². The molecule has 5 nitrogen and oxygen atoms in total. The number of ketones is 1. The predicted octanol–water partition coefficient (Wildman–Crippen LogP) is 3.08. The van der Waals surface area contributed by atoms with Crippen LogP contribution in [0.1, 0.15) is 38.3 Å². The summed E-state index contributed by atoms with van der Waals surface area (Å²) in [6, 6.07) is 7.47. The monoisotopic (exact) mass is 301 g/mol. The van der Waals surface area contributed by atoms with Gasteiger partial charge in [-0.05, 0) is 11.0 Å². The maximum atomic E-state index is 12.1. The summed E-state index contributed by atoms with van der Waals surface area (Å²) >= 11 is 0. The summed E-state index contributed by atoms with van der Waals surface area (Å²) in [7, 11) is 0. The number of hydrogen-bond donors (Lipinski definition) is 2. The fourth-order valence-corrected chi connectivity index (χ4v) is 2.53. The summed E-state index contributed by atoms with van der Waals surface area (Å²) < 4.78 is 0. The lowest BCUT2D eigenvalue weighted by atomic mass is 9.77. The second-order valence-corrected chi connectivity index (χ2v) is 6.23. The molecule has 0 saturated heterocycles. The Morgan fingerprint density at radius 3 is 2.45 bits per heavy atom. The molecule has 1 atom stereocenters. The molecule has 22 heavy (non-hydrogen) atoms. The third-order valence-electron chi connectivity index (χ3n) is 3.60. The van der Waals surface area contributed by atoms with Crippen LogP contribution < -0.4 is 0 Å². The third-order valence-corrected chi connectivity index (χ3v) is 3.60. The molecule has 2 rings (SSSR count). The highest BCUT2D eigenvalue weighted by Crippen LogP contribution is 2.35. The summed E-state index contributed by atoms with van der Waals surface area (Å²) in [6.07, 6.45) is 1.88. The molecule has 116 valence electrons. The second-order valence-electron chi connectivity index (χ2n) is 6.23. The van der Waals surface area contributed by atoms with E-state index in [-0.39, 0.29) is 22.5 Å². The maximum Gasteiger partial charge on any atom is 0.333 e. The largest absolute Gasteiger partial charge is 0.511 e. The molecule has 0 fully saturated rings. The molecular formula is C17H19NO4. The van der Waals surface area contributed by atoms with Crippen LogP contribution in [0, 0.1) is 5.41 Å². The van der Waals surface area contributed by atoms with E-state index in [0.717, 1.165) is 0 Å². The number of carboxylic acids is 1. The molecule has 0 spiro atoms. The lowest BCUT2D eigenvalue weighted by Gasteiger charge is -2.28. The fourth-order valence-electron chi connectivity index (χ4n) is 2.53. The van der Waals surface area contributed by atoms with Gasteiger partial charge in [-0.25, -0.2) is 4.79 Å². The number of benzene rings is 1. The van der Waals surface area contributed by atoms with E-state index in [4.69, 9.17) is 0 Å². The van der Waals surface area contributed by atoms with Crippen LogP contribution in [-0.2, 0) is 9.59 Å². The van der Waals surface area contributed by atoms with Gasteiger partial charge in [0.05, 0.1) is 5.57 Å². The molecule has 0 saturated carbocycles. The van der Waals surface area contributed by atoms with Gasteiger partial charge in [-0.2, -0.15) is 0 Å². The number of rotatable bonds is 4. The number of carboxylic acid groups (broad SMARTS) is 1. The smallest absolute Gasteiger partial charge is 0.333 e. The quantitative estimate of drug-likeness (QED) is 0.837. The highest BCUT2D eigenvalue weighted by Gasteiger charge is 2.32. The molecule has 5 heteroatoms. The molecule has 0 bridgehead atoms. The van der Waals surface area contributed by atoms with Crippen LogP contribution in [0.2, 0.25) is 0 Å². The van der Waals surface area contributed by atoms with Gasteiger partial charge in [-0.15, -0.1) is 0 Å². The summed E-state index contributed by atoms with van der Waals surface area (Å²) in [5.41, 5.74) is 0.348. The lowest BCUT2D eigenvalue weighted by Crippen LogP contribution is -2.26. The number of hydrogen-bond acceptors (Lipinski definition) is 4. The van der Waals surface area contributed by atoms with Crippen molar-refractivity contribution in [3.63, 3.8) is 0 Å². The number of aliphatic imine (C=N–C) groups is 1. The van der Waals surface area contributed by atoms with Gasteiger partial charge in [0.1, 0.15) is 5.76 Å². The molecule has 0 heterocycles. The molecule has 0 aliphatic heterocycles. The first-order valence-corrected chi connectivity index (χ1v) is 7.06. The Morgan fingerprint density at radius 1 is 1.27 bits per heavy atom. The zero-order valence-electron chi connectivity index (χ0n) is 12.6. The van der Waals surface area contributed by atoms with Crippen molar-refractivity contribution in [2.45, 2.75) is 32.7 Å². The lowest BCUT2D eigenvalue weighted by molar-refractivity contribution is -0.138. The molecule has 1 aliphatic rings. The van der Waals surface area contributed by atoms with Crippen molar-refractivity contribution in [1.82, 2.24) is 0 Å². The number of aliphatic hydroxyl groups excluding tert-OH is 1. The first-order valence-electron chi connectivity index (χ1n) is 7.06. The van der Waals surface area contributed by atoms with Crippen molar-refractivity contribution in [2.75, 3.05) is 0 Å². The molecule has 1 aromatic carbocycles. The van der Waals surface area contributed by atoms with Gasteiger partial charge < -0.3 is 10.2 Å². The number of nitrogens with zero attached hydrogens (tertiary/aromatic N) is 1. The van der Waals surface area contributed by atoms with Gasteiger partial charge in [-0.1, -0.05) is 44.2 Å². The molecule has 0 unspecified atom stereocenters. The number of Topliss-reactive ketones (excluding diaryl/α,β-unsaturated/α-hetero) is 1. The van der Waals surface area contributed by atoms with Crippen molar-refractivity contribution >= 4 is 18.0 Å². The first-order chi connectivity index (χ1) is 10.3. The topological polar surface area (TPSA) is 87.0 Å². The zero-order valence-corrected chi connectivity index (χ0v) is 12.6. The average molecular weight is 301 g/mol. The van der Waals surface area contributed by atoms with E-state index in [2.05, 4.69) is 4.99 Å². The highest BCUT2D eigenvalue weighted by molar-refractivity contribution is 6.14. The summed E-state index contributed by atoms with van der Waals surface area (Å²) in [5.74, 6) is -1.34. The molecule has 0 amide bonds. The Balaban J connectivity index is 2.29. The minimum absolute atomic E-state index is 0.0257. The summed E-state index contributed by atoms with van der Waals surface area (Å²) in [4.78, 5) is 27.4. The van der Waals surface area contributed by atoms with E-state index in [1.807, 2.05) is 13.8 Å². The first kappa shape index (κ1) is 15.9. The summed E-state index contributed by atoms with van der Waals surface area (Å²) in [6.45, 7) is 3.80. The Hall–Kier alpha value is -2.43. The molecular weight excluding hydrogens is 282 g/mol. The van der Waals surface area contributed by atoms with E-state index in [0.29, 0.717) is 18.4 Å². The number of carbonyl (C=O) groups is 2. The van der Waals surface area contributed by atoms with Crippen molar-refractivity contribution in [1.29, 1.82) is 0 Å². The van der Waals surface area contributed by atoms with Gasteiger partial charge in [0.15, 0.2) is 11.8 Å². The molecule has 0 aromatic heterocycles. The van der Waals surface area contributed by atoms with Gasteiger partial charge in [-0.3, -0.25) is 9.79 Å². The van der Waals surface area contributed by atoms with Crippen molar-refractivity contribution < 1.29 is 19.8 Å². The van der Waals surface area contributed by atoms with Gasteiger partial charge >= 0.3 is 5.97 Å². The van der Waals surface area contributed by atoms with Crippen molar-refractivity contribution in [3.05, 3.63) is 47.2 Å². The van der Waals surface area contributed by atoms with Crippen LogP contribution >= 0.6 is 0 Å². The van der Waals surface area contributed by atoms with E-state index in [9.17, 15) is 19.8 Å². The third kappa shape index (κ3) is 3.61. The molecule has 1 aliphatic carbocycles. The second kappa shape index (κ2) is 6.13. The minimum atomic E-state index is -1.11. The van der Waals surface area contributed by atoms with Crippen molar-refractivity contribution in [2.24, 2.45) is 10.4 Å². The van der Waals surface area contributed by atoms with Gasteiger partial charge in [0, 0.05) is 19.1 Å². The standard InChI is InChI=1S/C17H19NO4/c1-17(2)8-13(19)12(14(20)9-17)10-18-15(16(21)22)11-6-4-3-5-7-11/h3-7,10,15,19H,8-9H2,1-2H3,(H,21,22)/t15-/m1/s1. The zero-order chi connectivity index (χ0) is 16.3. The predicted molar refractivity (Wildman–Crippen MR) is 83.0 cm³/mol. The number of carbonyl (C=O) groups excluding carboxylic acids is 1. The number of allylic oxidation sites excluding steroid dienone is 2. The molecule has 1 aromatic rings. The van der Waals surface area contributed by atoms with Crippen LogP contribution in [0.4, 0.5) is 0 Å². The van der Waals surface area contributed by atoms with E-state index in [1.165, 1.54) is 6.21 Å². The minimum Gasteiger partial charge on any atom is -0.511 e. The average Bonchev–Trinajstić information content (AvgIpc) is 2.41. The fraction of sp³-hybridized carbons (Fsp3) is 0.353. The number of aliphatic hydroxyl groups is 1. The SMILES string of the molecule is CC1(C)CC(=O)C(C=N[C@@H](C(=O)O)c2ccccc2)=C(O)C1. The molecule has 0 radical (unpaired) electrons. The van der Waals surface area contributed by atoms with E-state index >= 15 is 0 Å². The maximum absolute atomic E-state index is 12.1. The van der Waals surface area contributed by atoms with Gasteiger partial charge in [0.25, 0.3) is 0 Å². The van der Waals surface area contributed by atoms with Crippen LogP contribution in [0.25, 0.3) is 0 Å². The highest BCUT2D eigenvalue weighted by atomic mass is 16.4. The Kier molecular flexibility index (Phi) is 4.45. The van der Waals surface area contributed by atoms with Gasteiger partial charge in [0.2, 0.25) is 0 Å². The van der Waals surface area contributed by atoms with Crippen molar-refractivity contribution in [3.8, 4) is 0 Å². The van der Waals surface area contributed by atoms with Crippen LogP contribution in [-0.4, -0.2) is 28.2 Å².